The molecule has 0 bridgehead atoms. The molecule has 0 N–H and O–H groups in total. The number of unbranched alkanes of at least 4 members (excludes halogenated alkanes) is 4. The number of ether oxygens (including phenoxy) is 6. The summed E-state index contributed by atoms with van der Waals surface area (Å²) in [7, 11) is 0. The van der Waals surface area contributed by atoms with Gasteiger partial charge in [0.05, 0.1) is 12.7 Å². The van der Waals surface area contributed by atoms with Crippen LogP contribution in [0.3, 0.4) is 0 Å². The summed E-state index contributed by atoms with van der Waals surface area (Å²) >= 11 is 0. The molecule has 5 rings (SSSR count). The molecule has 0 aromatic rings. The van der Waals surface area contributed by atoms with E-state index in [1.165, 1.54) is 38.5 Å². The van der Waals surface area contributed by atoms with E-state index >= 15 is 0 Å². The van der Waals surface area contributed by atoms with Crippen LogP contribution in [0, 0.1) is 40.4 Å². The molecule has 0 amide bonds. The standard InChI is InChI=1S/C44H78O6/c1-9-13-25-45-30-38-39(46-26-14-10-2)40(47-27-15-11-3)41(48-28-16-12-4)42(50-38)49-33-21-23-43(7)32(29-33)17-18-34-36-20-19-35(31(5)6)44(36,8)24-22-37(34)43/h17,31,33-42H,9-16,18-30H2,1-8H3/t33-,34-,35+,36-,37-,38?,39+,40?,41?,42-,43-,44+/m0/s1. The van der Waals surface area contributed by atoms with Crippen molar-refractivity contribution in [2.45, 2.75) is 195 Å². The predicted octanol–water partition coefficient (Wildman–Crippen LogP) is 10.7. The summed E-state index contributed by atoms with van der Waals surface area (Å²) in [5.41, 5.74) is 2.49. The van der Waals surface area contributed by atoms with Crippen LogP contribution < -0.4 is 0 Å². The maximum absolute atomic E-state index is 7.12. The zero-order chi connectivity index (χ0) is 35.7. The molecule has 12 atom stereocenters. The first-order chi connectivity index (χ1) is 24.2. The Labute approximate surface area is 307 Å². The number of allylic oxidation sites excluding steroid dienone is 1. The lowest BCUT2D eigenvalue weighted by Gasteiger charge is -2.58. The lowest BCUT2D eigenvalue weighted by molar-refractivity contribution is -0.333. The van der Waals surface area contributed by atoms with Gasteiger partial charge in [0.2, 0.25) is 0 Å². The summed E-state index contributed by atoms with van der Waals surface area (Å²) in [5.74, 6) is 4.24. The second-order valence-electron chi connectivity index (χ2n) is 17.8. The van der Waals surface area contributed by atoms with E-state index in [1.807, 2.05) is 0 Å². The predicted molar refractivity (Wildman–Crippen MR) is 203 cm³/mol. The average molecular weight is 703 g/mol. The van der Waals surface area contributed by atoms with Gasteiger partial charge in [-0.05, 0) is 117 Å². The van der Waals surface area contributed by atoms with Gasteiger partial charge in [-0.2, -0.15) is 0 Å². The van der Waals surface area contributed by atoms with Crippen molar-refractivity contribution in [3.8, 4) is 0 Å². The Balaban J connectivity index is 1.34. The Bertz CT molecular complexity index is 1030. The number of hydrogen-bond donors (Lipinski definition) is 0. The van der Waals surface area contributed by atoms with E-state index in [0.29, 0.717) is 37.3 Å². The van der Waals surface area contributed by atoms with Gasteiger partial charge in [-0.25, -0.2) is 0 Å². The molecule has 6 nitrogen and oxygen atoms in total. The largest absolute Gasteiger partial charge is 0.379 e. The average Bonchev–Trinajstić information content (AvgIpc) is 3.46. The van der Waals surface area contributed by atoms with Crippen LogP contribution in [0.1, 0.15) is 158 Å². The summed E-state index contributed by atoms with van der Waals surface area (Å²) in [6, 6.07) is 0. The van der Waals surface area contributed by atoms with Gasteiger partial charge >= 0.3 is 0 Å². The topological polar surface area (TPSA) is 55.4 Å². The highest BCUT2D eigenvalue weighted by Gasteiger charge is 2.59. The van der Waals surface area contributed by atoms with Gasteiger partial charge in [0.1, 0.15) is 24.4 Å². The third kappa shape index (κ3) is 9.06. The third-order valence-electron chi connectivity index (χ3n) is 14.2. The summed E-state index contributed by atoms with van der Waals surface area (Å²) in [5, 5.41) is 0. The molecule has 1 saturated heterocycles. The van der Waals surface area contributed by atoms with Crippen LogP contribution in [0.15, 0.2) is 11.6 Å². The van der Waals surface area contributed by atoms with Crippen LogP contribution in [0.25, 0.3) is 0 Å². The van der Waals surface area contributed by atoms with Crippen molar-refractivity contribution < 1.29 is 28.4 Å². The SMILES string of the molecule is CCCCOCC1O[C@H](O[C@H]2CC[C@@]3(C)C(=CC[C@H]4[C@@H]5CC[C@H](C(C)C)[C@@]5(C)CC[C@@H]43)C2)C(OCCCC)C(OCCCC)[C@@H]1OCCCC. The van der Waals surface area contributed by atoms with Crippen molar-refractivity contribution in [1.29, 1.82) is 0 Å². The van der Waals surface area contributed by atoms with E-state index in [0.717, 1.165) is 100 Å². The second kappa shape index (κ2) is 19.2. The molecule has 290 valence electrons. The first kappa shape index (κ1) is 40.7. The van der Waals surface area contributed by atoms with E-state index in [-0.39, 0.29) is 30.5 Å². The van der Waals surface area contributed by atoms with Gasteiger partial charge in [0, 0.05) is 26.4 Å². The Morgan fingerprint density at radius 3 is 2.04 bits per heavy atom. The lowest BCUT2D eigenvalue weighted by Crippen LogP contribution is -2.62. The molecule has 5 aliphatic rings. The minimum absolute atomic E-state index is 0.120. The fourth-order valence-corrected chi connectivity index (χ4v) is 11.3. The van der Waals surface area contributed by atoms with Crippen LogP contribution in [0.5, 0.6) is 0 Å². The molecule has 1 aliphatic heterocycles. The van der Waals surface area contributed by atoms with Gasteiger partial charge in [0.15, 0.2) is 6.29 Å². The highest BCUT2D eigenvalue weighted by atomic mass is 16.7. The van der Waals surface area contributed by atoms with Crippen molar-refractivity contribution in [1.82, 2.24) is 0 Å². The number of rotatable bonds is 20. The highest BCUT2D eigenvalue weighted by Crippen LogP contribution is 2.67. The Kier molecular flexibility index (Phi) is 15.6. The molecule has 0 radical (unpaired) electrons. The molecule has 0 aromatic heterocycles. The minimum atomic E-state index is -0.502. The molecular formula is C44H78O6. The molecule has 1 heterocycles. The quantitative estimate of drug-likeness (QED) is 0.0930. The van der Waals surface area contributed by atoms with E-state index in [4.69, 9.17) is 28.4 Å². The summed E-state index contributed by atoms with van der Waals surface area (Å²) in [6.07, 6.45) is 19.9. The first-order valence-corrected chi connectivity index (χ1v) is 21.6. The fraction of sp³-hybridized carbons (Fsp3) is 0.955. The Morgan fingerprint density at radius 1 is 0.740 bits per heavy atom. The minimum Gasteiger partial charge on any atom is -0.379 e. The first-order valence-electron chi connectivity index (χ1n) is 21.6. The smallest absolute Gasteiger partial charge is 0.187 e. The molecule has 0 spiro atoms. The van der Waals surface area contributed by atoms with Crippen LogP contribution in [0.4, 0.5) is 0 Å². The molecule has 6 heteroatoms. The van der Waals surface area contributed by atoms with Crippen molar-refractivity contribution in [2.24, 2.45) is 40.4 Å². The molecular weight excluding hydrogens is 624 g/mol. The zero-order valence-electron chi connectivity index (χ0n) is 33.7. The van der Waals surface area contributed by atoms with Crippen LogP contribution in [0.2, 0.25) is 0 Å². The van der Waals surface area contributed by atoms with Gasteiger partial charge in [-0.15, -0.1) is 0 Å². The number of hydrogen-bond acceptors (Lipinski definition) is 6. The van der Waals surface area contributed by atoms with Crippen molar-refractivity contribution >= 4 is 0 Å². The van der Waals surface area contributed by atoms with Gasteiger partial charge < -0.3 is 28.4 Å². The third-order valence-corrected chi connectivity index (χ3v) is 14.2. The van der Waals surface area contributed by atoms with Gasteiger partial charge in [-0.1, -0.05) is 92.7 Å². The molecule has 4 fully saturated rings. The Morgan fingerprint density at radius 2 is 1.38 bits per heavy atom. The van der Waals surface area contributed by atoms with Crippen molar-refractivity contribution in [3.63, 3.8) is 0 Å². The molecule has 50 heavy (non-hydrogen) atoms. The van der Waals surface area contributed by atoms with Crippen molar-refractivity contribution in [3.05, 3.63) is 11.6 Å². The molecule has 3 unspecified atom stereocenters. The van der Waals surface area contributed by atoms with Crippen LogP contribution in [-0.4, -0.2) is 69.8 Å². The summed E-state index contributed by atoms with van der Waals surface area (Å²) in [6.45, 7) is 22.4. The monoisotopic (exact) mass is 703 g/mol. The summed E-state index contributed by atoms with van der Waals surface area (Å²) < 4.78 is 40.3. The number of fused-ring (bicyclic) bond motifs is 5. The summed E-state index contributed by atoms with van der Waals surface area (Å²) in [4.78, 5) is 0. The molecule has 0 aromatic carbocycles. The van der Waals surface area contributed by atoms with E-state index in [9.17, 15) is 0 Å². The zero-order valence-corrected chi connectivity index (χ0v) is 33.7. The van der Waals surface area contributed by atoms with Gasteiger partial charge in [-0.3, -0.25) is 0 Å². The van der Waals surface area contributed by atoms with E-state index in [1.54, 1.807) is 5.57 Å². The van der Waals surface area contributed by atoms with Gasteiger partial charge in [0.25, 0.3) is 0 Å². The molecule has 4 aliphatic carbocycles. The fourth-order valence-electron chi connectivity index (χ4n) is 11.3. The van der Waals surface area contributed by atoms with E-state index in [2.05, 4.69) is 61.5 Å². The normalized spacial score (nSPS) is 40.0. The van der Waals surface area contributed by atoms with Crippen LogP contribution >= 0.6 is 0 Å². The van der Waals surface area contributed by atoms with Crippen molar-refractivity contribution in [2.75, 3.05) is 33.0 Å². The lowest BCUT2D eigenvalue weighted by atomic mass is 9.47. The highest BCUT2D eigenvalue weighted by molar-refractivity contribution is 5.25. The van der Waals surface area contributed by atoms with E-state index < -0.39 is 6.29 Å². The maximum atomic E-state index is 7.12. The maximum Gasteiger partial charge on any atom is 0.187 e. The van der Waals surface area contributed by atoms with Crippen LogP contribution in [-0.2, 0) is 28.4 Å². The molecule has 3 saturated carbocycles. The Hall–Kier alpha value is -0.500. The second-order valence-corrected chi connectivity index (χ2v) is 17.8.